The zero-order valence-corrected chi connectivity index (χ0v) is 15.0. The molecule has 1 aromatic rings. The molecule has 1 amide bonds. The second-order valence-electron chi connectivity index (χ2n) is 6.26. The lowest BCUT2D eigenvalue weighted by Crippen LogP contribution is -2.49. The lowest BCUT2D eigenvalue weighted by atomic mass is 10.1. The summed E-state index contributed by atoms with van der Waals surface area (Å²) in [6.45, 7) is 1.59. The largest absolute Gasteiger partial charge is 0.506 e. The Morgan fingerprint density at radius 2 is 1.86 bits per heavy atom. The summed E-state index contributed by atoms with van der Waals surface area (Å²) in [6.07, 6.45) is -9.37. The fraction of sp³-hybridized carbons (Fsp3) is 0.529. The molecule has 0 aliphatic carbocycles. The molecule has 156 valence electrons. The zero-order valence-electron chi connectivity index (χ0n) is 15.0. The van der Waals surface area contributed by atoms with Crippen molar-refractivity contribution in [3.63, 3.8) is 0 Å². The molecule has 2 rings (SSSR count). The molecule has 1 aliphatic heterocycles. The van der Waals surface area contributed by atoms with Gasteiger partial charge in [-0.15, -0.1) is 0 Å². The molecular weight excluding hydrogens is 388 g/mol. The molecule has 0 spiro atoms. The Morgan fingerprint density at radius 1 is 1.21 bits per heavy atom. The van der Waals surface area contributed by atoms with E-state index in [1.807, 2.05) is 4.90 Å². The minimum atomic E-state index is -4.62. The van der Waals surface area contributed by atoms with Gasteiger partial charge in [-0.2, -0.15) is 13.2 Å². The van der Waals surface area contributed by atoms with Crippen LogP contribution in [-0.2, 0) is 22.6 Å². The van der Waals surface area contributed by atoms with Gasteiger partial charge in [-0.3, -0.25) is 4.90 Å². The van der Waals surface area contributed by atoms with Crippen LogP contribution in [-0.4, -0.2) is 65.6 Å². The number of carboxylic acid groups (broad SMARTS) is 1. The van der Waals surface area contributed by atoms with E-state index in [0.29, 0.717) is 18.7 Å². The highest BCUT2D eigenvalue weighted by Crippen LogP contribution is 2.23. The molecule has 1 unspecified atom stereocenters. The number of alkyl halides is 3. The number of amides is 1. The Hall–Kier alpha value is -2.56. The van der Waals surface area contributed by atoms with E-state index >= 15 is 0 Å². The molecule has 0 aromatic heterocycles. The third-order valence-electron chi connectivity index (χ3n) is 4.32. The van der Waals surface area contributed by atoms with Crippen LogP contribution < -0.4 is 0 Å². The first-order chi connectivity index (χ1) is 13.1. The van der Waals surface area contributed by atoms with E-state index in [2.05, 4.69) is 9.47 Å². The maximum Gasteiger partial charge on any atom is 0.506 e. The molecular formula is C17H20F4N2O5. The van der Waals surface area contributed by atoms with Gasteiger partial charge in [-0.1, -0.05) is 12.1 Å². The summed E-state index contributed by atoms with van der Waals surface area (Å²) < 4.78 is 60.3. The van der Waals surface area contributed by atoms with Gasteiger partial charge >= 0.3 is 18.4 Å². The van der Waals surface area contributed by atoms with E-state index in [9.17, 15) is 27.2 Å². The fourth-order valence-electron chi connectivity index (χ4n) is 2.67. The number of hydrogen-bond acceptors (Lipinski definition) is 5. The summed E-state index contributed by atoms with van der Waals surface area (Å²) in [6, 6.07) is 4.32. The van der Waals surface area contributed by atoms with Crippen molar-refractivity contribution in [2.24, 2.45) is 0 Å². The van der Waals surface area contributed by atoms with Gasteiger partial charge in [-0.25, -0.2) is 14.0 Å². The van der Waals surface area contributed by atoms with Crippen molar-refractivity contribution in [3.8, 4) is 0 Å². The second kappa shape index (κ2) is 9.09. The molecule has 1 fully saturated rings. The van der Waals surface area contributed by atoms with Crippen LogP contribution in [0.5, 0.6) is 0 Å². The highest BCUT2D eigenvalue weighted by molar-refractivity contribution is 5.68. The van der Waals surface area contributed by atoms with Gasteiger partial charge in [0.15, 0.2) is 6.10 Å². The Balaban J connectivity index is 1.92. The van der Waals surface area contributed by atoms with Crippen molar-refractivity contribution < 1.29 is 41.7 Å². The smallest absolute Gasteiger partial charge is 0.450 e. The topological polar surface area (TPSA) is 79.3 Å². The number of benzene rings is 1. The third-order valence-corrected chi connectivity index (χ3v) is 4.32. The van der Waals surface area contributed by atoms with E-state index in [0.717, 1.165) is 6.92 Å². The van der Waals surface area contributed by atoms with Crippen LogP contribution in [0, 0.1) is 5.82 Å². The Labute approximate surface area is 158 Å². The van der Waals surface area contributed by atoms with Crippen LogP contribution in [0.2, 0.25) is 0 Å². The van der Waals surface area contributed by atoms with Crippen LogP contribution >= 0.6 is 0 Å². The van der Waals surface area contributed by atoms with Crippen LogP contribution in [0.4, 0.5) is 27.2 Å². The van der Waals surface area contributed by atoms with Crippen molar-refractivity contribution >= 4 is 12.2 Å². The number of nitrogens with zero attached hydrogens (tertiary/aromatic N) is 2. The van der Waals surface area contributed by atoms with Crippen molar-refractivity contribution in [2.75, 3.05) is 26.2 Å². The predicted octanol–water partition coefficient (Wildman–Crippen LogP) is 3.23. The quantitative estimate of drug-likeness (QED) is 0.595. The predicted molar refractivity (Wildman–Crippen MR) is 88.1 cm³/mol. The van der Waals surface area contributed by atoms with Gasteiger partial charge in [0, 0.05) is 38.3 Å². The zero-order chi connectivity index (χ0) is 20.9. The molecule has 1 aliphatic rings. The molecule has 0 bridgehead atoms. The minimum absolute atomic E-state index is 0.116. The van der Waals surface area contributed by atoms with Gasteiger partial charge in [-0.05, 0) is 18.6 Å². The van der Waals surface area contributed by atoms with E-state index in [1.54, 1.807) is 6.07 Å². The minimum Gasteiger partial charge on any atom is -0.450 e. The van der Waals surface area contributed by atoms with E-state index in [1.165, 1.54) is 17.0 Å². The molecule has 28 heavy (non-hydrogen) atoms. The number of carbonyl (C=O) groups is 2. The maximum absolute atomic E-state index is 14.0. The third kappa shape index (κ3) is 5.98. The molecule has 11 heteroatoms. The van der Waals surface area contributed by atoms with Crippen LogP contribution in [0.25, 0.3) is 0 Å². The summed E-state index contributed by atoms with van der Waals surface area (Å²) in [5, 5.41) is 8.60. The first kappa shape index (κ1) is 21.7. The van der Waals surface area contributed by atoms with E-state index < -0.39 is 37.0 Å². The van der Waals surface area contributed by atoms with E-state index in [4.69, 9.17) is 5.11 Å². The normalized spacial score (nSPS) is 16.5. The first-order valence-electron chi connectivity index (χ1n) is 8.44. The molecule has 1 atom stereocenters. The summed E-state index contributed by atoms with van der Waals surface area (Å²) in [5.41, 5.74) is 0.647. The van der Waals surface area contributed by atoms with Crippen molar-refractivity contribution in [3.05, 3.63) is 35.1 Å². The molecule has 1 aromatic carbocycles. The number of rotatable bonds is 5. The molecule has 0 radical (unpaired) electrons. The Morgan fingerprint density at radius 3 is 2.43 bits per heavy atom. The fourth-order valence-corrected chi connectivity index (χ4v) is 2.67. The van der Waals surface area contributed by atoms with Gasteiger partial charge in [0.2, 0.25) is 0 Å². The first-order valence-corrected chi connectivity index (χ1v) is 8.44. The number of halogens is 4. The lowest BCUT2D eigenvalue weighted by Gasteiger charge is -2.35. The maximum atomic E-state index is 14.0. The number of ether oxygens (including phenoxy) is 2. The van der Waals surface area contributed by atoms with Crippen LogP contribution in [0.3, 0.4) is 0 Å². The SMILES string of the molecule is CC(OC(=O)N1CCN(Cc2cccc(F)c2COC(=O)O)CC1)C(F)(F)F. The molecule has 1 saturated heterocycles. The van der Waals surface area contributed by atoms with Crippen molar-refractivity contribution in [2.45, 2.75) is 32.4 Å². The Kier molecular flexibility index (Phi) is 7.05. The van der Waals surface area contributed by atoms with Crippen molar-refractivity contribution in [1.29, 1.82) is 0 Å². The Bertz CT molecular complexity index is 705. The summed E-state index contributed by atoms with van der Waals surface area (Å²) in [4.78, 5) is 25.4. The molecule has 0 saturated carbocycles. The lowest BCUT2D eigenvalue weighted by molar-refractivity contribution is -0.200. The standard InChI is InChI=1S/C17H20F4N2O5/c1-11(17(19,20)21)28-15(24)23-7-5-22(6-8-23)9-12-3-2-4-14(18)13(12)10-27-16(25)26/h2-4,11H,5-10H2,1H3,(H,25,26). The van der Waals surface area contributed by atoms with Crippen molar-refractivity contribution in [1.82, 2.24) is 9.80 Å². The van der Waals surface area contributed by atoms with Crippen LogP contribution in [0.1, 0.15) is 18.1 Å². The van der Waals surface area contributed by atoms with Gasteiger partial charge in [0.25, 0.3) is 0 Å². The summed E-state index contributed by atoms with van der Waals surface area (Å²) >= 11 is 0. The van der Waals surface area contributed by atoms with Gasteiger partial charge in [0.05, 0.1) is 0 Å². The number of piperazine rings is 1. The average molecular weight is 408 g/mol. The average Bonchev–Trinajstić information content (AvgIpc) is 2.60. The number of carbonyl (C=O) groups excluding carboxylic acids is 1. The van der Waals surface area contributed by atoms with Gasteiger partial charge in [0.1, 0.15) is 12.4 Å². The highest BCUT2D eigenvalue weighted by atomic mass is 19.4. The van der Waals surface area contributed by atoms with Gasteiger partial charge < -0.3 is 19.5 Å². The molecule has 1 N–H and O–H groups in total. The van der Waals surface area contributed by atoms with Crippen LogP contribution in [0.15, 0.2) is 18.2 Å². The summed E-state index contributed by atoms with van der Waals surface area (Å²) in [5.74, 6) is -0.595. The summed E-state index contributed by atoms with van der Waals surface area (Å²) in [7, 11) is 0. The monoisotopic (exact) mass is 408 g/mol. The molecule has 1 heterocycles. The van der Waals surface area contributed by atoms with E-state index in [-0.39, 0.29) is 25.2 Å². The highest BCUT2D eigenvalue weighted by Gasteiger charge is 2.40. The number of hydrogen-bond donors (Lipinski definition) is 1. The second-order valence-corrected chi connectivity index (χ2v) is 6.26. The molecule has 7 nitrogen and oxygen atoms in total.